The molecule has 0 aliphatic heterocycles. The molecule has 8 heteroatoms. The summed E-state index contributed by atoms with van der Waals surface area (Å²) in [4.78, 5) is 20.2. The molecule has 8 nitrogen and oxygen atoms in total. The van der Waals surface area contributed by atoms with Crippen molar-refractivity contribution in [2.45, 2.75) is 32.3 Å². The number of carbonyl (C=O) groups is 1. The van der Waals surface area contributed by atoms with Crippen LogP contribution < -0.4 is 9.47 Å². The van der Waals surface area contributed by atoms with Gasteiger partial charge in [0.15, 0.2) is 5.60 Å². The number of aryl methyl sites for hydroxylation is 1. The van der Waals surface area contributed by atoms with E-state index in [-0.39, 0.29) is 6.42 Å². The number of aromatic nitrogens is 2. The molecular formula is C23H26N2O6. The van der Waals surface area contributed by atoms with Crippen LogP contribution in [0.2, 0.25) is 0 Å². The Morgan fingerprint density at radius 3 is 2.68 bits per heavy atom. The normalized spacial score (nSPS) is 12.9. The number of carboxylic acid groups (broad SMARTS) is 1. The Balaban J connectivity index is 1.58. The number of rotatable bonds is 10. The molecule has 1 aromatic carbocycles. The Morgan fingerprint density at radius 1 is 1.23 bits per heavy atom. The molecule has 1 atom stereocenters. The van der Waals surface area contributed by atoms with Gasteiger partial charge in [-0.15, -0.1) is 0 Å². The predicted octanol–water partition coefficient (Wildman–Crippen LogP) is 3.71. The fourth-order valence-electron chi connectivity index (χ4n) is 3.02. The van der Waals surface area contributed by atoms with Crippen molar-refractivity contribution < 1.29 is 28.5 Å². The van der Waals surface area contributed by atoms with Gasteiger partial charge in [-0.2, -0.15) is 0 Å². The molecule has 31 heavy (non-hydrogen) atoms. The molecule has 2 heterocycles. The summed E-state index contributed by atoms with van der Waals surface area (Å²) in [5.41, 5.74) is 1.10. The van der Waals surface area contributed by atoms with Gasteiger partial charge in [-0.05, 0) is 37.6 Å². The van der Waals surface area contributed by atoms with E-state index < -0.39 is 11.6 Å². The third-order valence-corrected chi connectivity index (χ3v) is 5.04. The van der Waals surface area contributed by atoms with Gasteiger partial charge in [0.05, 0.1) is 19.4 Å². The average Bonchev–Trinajstić information content (AvgIpc) is 3.15. The van der Waals surface area contributed by atoms with Gasteiger partial charge >= 0.3 is 5.97 Å². The van der Waals surface area contributed by atoms with Crippen LogP contribution in [0.25, 0.3) is 11.5 Å². The van der Waals surface area contributed by atoms with Gasteiger partial charge in [0, 0.05) is 37.8 Å². The largest absolute Gasteiger partial charge is 0.497 e. The number of pyridine rings is 1. The molecule has 164 valence electrons. The topological polar surface area (TPSA) is 104 Å². The van der Waals surface area contributed by atoms with E-state index in [0.717, 1.165) is 28.3 Å². The molecule has 0 saturated heterocycles. The summed E-state index contributed by atoms with van der Waals surface area (Å²) in [7, 11) is 3.00. The highest BCUT2D eigenvalue weighted by Gasteiger charge is 2.33. The zero-order valence-electron chi connectivity index (χ0n) is 18.0. The first-order valence-corrected chi connectivity index (χ1v) is 9.81. The highest BCUT2D eigenvalue weighted by atomic mass is 16.5. The first-order valence-electron chi connectivity index (χ1n) is 9.81. The summed E-state index contributed by atoms with van der Waals surface area (Å²) < 4.78 is 21.9. The lowest BCUT2D eigenvalue weighted by Crippen LogP contribution is -2.39. The summed E-state index contributed by atoms with van der Waals surface area (Å²) in [6, 6.07) is 11.0. The summed E-state index contributed by atoms with van der Waals surface area (Å²) in [6.45, 7) is 3.77. The van der Waals surface area contributed by atoms with Crippen molar-refractivity contribution >= 4 is 5.97 Å². The lowest BCUT2D eigenvalue weighted by molar-refractivity contribution is -0.159. The Hall–Kier alpha value is -3.39. The standard InChI is InChI=1S/C23H26N2O6/c1-15-19(25-21(31-15)17-6-5-7-18(12-17)28-3)10-11-30-20-9-8-16(14-24-20)13-23(2,29-4)22(26)27/h5-9,12,14H,10-11,13H2,1-4H3,(H,26,27). The van der Waals surface area contributed by atoms with Gasteiger partial charge in [-0.1, -0.05) is 12.1 Å². The van der Waals surface area contributed by atoms with Crippen LogP contribution in [0.4, 0.5) is 0 Å². The molecule has 3 aromatic rings. The van der Waals surface area contributed by atoms with E-state index in [4.69, 9.17) is 18.6 Å². The van der Waals surface area contributed by atoms with E-state index in [1.54, 1.807) is 25.4 Å². The Kier molecular flexibility index (Phi) is 6.91. The van der Waals surface area contributed by atoms with Crippen molar-refractivity contribution in [3.8, 4) is 23.1 Å². The smallest absolute Gasteiger partial charge is 0.336 e. The fraction of sp³-hybridized carbons (Fsp3) is 0.348. The summed E-state index contributed by atoms with van der Waals surface area (Å²) in [5.74, 6) is 1.44. The number of benzene rings is 1. The lowest BCUT2D eigenvalue weighted by atomic mass is 9.97. The quantitative estimate of drug-likeness (QED) is 0.523. The van der Waals surface area contributed by atoms with E-state index in [9.17, 15) is 9.90 Å². The molecule has 0 saturated carbocycles. The molecule has 2 aromatic heterocycles. The Labute approximate surface area is 180 Å². The molecule has 0 aliphatic rings. The highest BCUT2D eigenvalue weighted by Crippen LogP contribution is 2.25. The van der Waals surface area contributed by atoms with Crippen molar-refractivity contribution in [2.24, 2.45) is 0 Å². The SMILES string of the molecule is COc1cccc(-c2nc(CCOc3ccc(CC(C)(OC)C(=O)O)cn3)c(C)o2)c1. The second kappa shape index (κ2) is 9.61. The zero-order chi connectivity index (χ0) is 22.4. The van der Waals surface area contributed by atoms with Gasteiger partial charge in [0.1, 0.15) is 11.5 Å². The van der Waals surface area contributed by atoms with Gasteiger partial charge in [0.2, 0.25) is 11.8 Å². The second-order valence-corrected chi connectivity index (χ2v) is 7.27. The van der Waals surface area contributed by atoms with E-state index in [1.165, 1.54) is 14.0 Å². The minimum atomic E-state index is -1.30. The Bertz CT molecular complexity index is 1030. The number of oxazole rings is 1. The van der Waals surface area contributed by atoms with Crippen LogP contribution in [0.15, 0.2) is 47.0 Å². The maximum absolute atomic E-state index is 11.4. The van der Waals surface area contributed by atoms with Crippen LogP contribution in [-0.4, -0.2) is 47.5 Å². The first-order chi connectivity index (χ1) is 14.8. The number of methoxy groups -OCH3 is 2. The molecule has 0 aliphatic carbocycles. The molecule has 3 rings (SSSR count). The van der Waals surface area contributed by atoms with Crippen molar-refractivity contribution in [2.75, 3.05) is 20.8 Å². The van der Waals surface area contributed by atoms with Crippen LogP contribution in [0.5, 0.6) is 11.6 Å². The Morgan fingerprint density at radius 2 is 2.03 bits per heavy atom. The van der Waals surface area contributed by atoms with Crippen LogP contribution in [0, 0.1) is 6.92 Å². The van der Waals surface area contributed by atoms with Gasteiger partial charge in [-0.25, -0.2) is 14.8 Å². The van der Waals surface area contributed by atoms with Crippen LogP contribution in [0.1, 0.15) is 23.9 Å². The number of aliphatic carboxylic acids is 1. The van der Waals surface area contributed by atoms with E-state index >= 15 is 0 Å². The zero-order valence-corrected chi connectivity index (χ0v) is 18.0. The van der Waals surface area contributed by atoms with Crippen molar-refractivity contribution in [3.63, 3.8) is 0 Å². The summed E-state index contributed by atoms with van der Waals surface area (Å²) in [5, 5.41) is 9.31. The number of nitrogens with zero attached hydrogens (tertiary/aromatic N) is 2. The van der Waals surface area contributed by atoms with Crippen LogP contribution >= 0.6 is 0 Å². The molecule has 1 N–H and O–H groups in total. The summed E-state index contributed by atoms with van der Waals surface area (Å²) >= 11 is 0. The van der Waals surface area contributed by atoms with Crippen LogP contribution in [0.3, 0.4) is 0 Å². The maximum atomic E-state index is 11.4. The lowest BCUT2D eigenvalue weighted by Gasteiger charge is -2.22. The molecule has 0 spiro atoms. The average molecular weight is 426 g/mol. The fourth-order valence-corrected chi connectivity index (χ4v) is 3.02. The van der Waals surface area contributed by atoms with E-state index in [2.05, 4.69) is 9.97 Å². The molecule has 0 radical (unpaired) electrons. The molecule has 0 amide bonds. The molecule has 0 fully saturated rings. The van der Waals surface area contributed by atoms with Crippen molar-refractivity contribution in [3.05, 3.63) is 59.6 Å². The maximum Gasteiger partial charge on any atom is 0.336 e. The number of hydrogen-bond donors (Lipinski definition) is 1. The third kappa shape index (κ3) is 5.40. The molecule has 0 bridgehead atoms. The van der Waals surface area contributed by atoms with Crippen molar-refractivity contribution in [1.29, 1.82) is 0 Å². The number of hydrogen-bond acceptors (Lipinski definition) is 7. The minimum Gasteiger partial charge on any atom is -0.497 e. The van der Waals surface area contributed by atoms with Crippen molar-refractivity contribution in [1.82, 2.24) is 9.97 Å². The predicted molar refractivity (Wildman–Crippen MR) is 113 cm³/mol. The van der Waals surface area contributed by atoms with Gasteiger partial charge in [0.25, 0.3) is 0 Å². The van der Waals surface area contributed by atoms with E-state index in [1.807, 2.05) is 31.2 Å². The minimum absolute atomic E-state index is 0.206. The highest BCUT2D eigenvalue weighted by molar-refractivity contribution is 5.77. The van der Waals surface area contributed by atoms with Gasteiger partial charge < -0.3 is 23.7 Å². The number of carboxylic acids is 1. The monoisotopic (exact) mass is 426 g/mol. The molecule has 1 unspecified atom stereocenters. The summed E-state index contributed by atoms with van der Waals surface area (Å²) in [6.07, 6.45) is 2.36. The second-order valence-electron chi connectivity index (χ2n) is 7.27. The number of ether oxygens (including phenoxy) is 3. The molecular weight excluding hydrogens is 400 g/mol. The van der Waals surface area contributed by atoms with E-state index in [0.29, 0.717) is 24.8 Å². The van der Waals surface area contributed by atoms with Gasteiger partial charge in [-0.3, -0.25) is 0 Å². The third-order valence-electron chi connectivity index (χ3n) is 5.04. The van der Waals surface area contributed by atoms with Crippen LogP contribution in [-0.2, 0) is 22.4 Å². The first kappa shape index (κ1) is 22.3.